The standard InChI is InChI=1S/C22H21N3O5/c1-28-21(26)20(24-25-22(23)27)16-7-9-18(10-8-16)29-12-13-30-19-11-6-15-4-2-3-5-17(15)14-19/h2-11,14H,12-13H2,1H3,(H3,23,25,27)/b24-20+. The summed E-state index contributed by atoms with van der Waals surface area (Å²) in [7, 11) is 1.22. The number of urea groups is 1. The first-order chi connectivity index (χ1) is 14.6. The van der Waals surface area contributed by atoms with Crippen LogP contribution < -0.4 is 20.6 Å². The van der Waals surface area contributed by atoms with Crippen LogP contribution in [-0.2, 0) is 9.53 Å². The number of hydrogen-bond acceptors (Lipinski definition) is 6. The molecule has 0 bridgehead atoms. The lowest BCUT2D eigenvalue weighted by Gasteiger charge is -2.10. The minimum Gasteiger partial charge on any atom is -0.490 e. The van der Waals surface area contributed by atoms with E-state index in [0.717, 1.165) is 16.5 Å². The lowest BCUT2D eigenvalue weighted by atomic mass is 10.1. The Balaban J connectivity index is 1.55. The Hall–Kier alpha value is -4.07. The highest BCUT2D eigenvalue weighted by atomic mass is 16.5. The molecule has 0 spiro atoms. The number of amides is 2. The topological polar surface area (TPSA) is 112 Å². The van der Waals surface area contributed by atoms with Gasteiger partial charge in [0, 0.05) is 5.56 Å². The number of nitrogens with zero attached hydrogens (tertiary/aromatic N) is 1. The largest absolute Gasteiger partial charge is 0.490 e. The zero-order valence-corrected chi connectivity index (χ0v) is 16.3. The molecule has 2 amide bonds. The zero-order chi connectivity index (χ0) is 21.3. The molecule has 30 heavy (non-hydrogen) atoms. The van der Waals surface area contributed by atoms with Crippen LogP contribution in [0, 0.1) is 0 Å². The summed E-state index contributed by atoms with van der Waals surface area (Å²) in [5.74, 6) is 0.655. The number of hydrogen-bond donors (Lipinski definition) is 2. The fourth-order valence-electron chi connectivity index (χ4n) is 2.72. The van der Waals surface area contributed by atoms with Crippen molar-refractivity contribution in [1.29, 1.82) is 0 Å². The Labute approximate surface area is 173 Å². The van der Waals surface area contributed by atoms with E-state index in [9.17, 15) is 9.59 Å². The molecule has 0 saturated carbocycles. The first kappa shape index (κ1) is 20.7. The molecular weight excluding hydrogens is 386 g/mol. The van der Waals surface area contributed by atoms with Crippen molar-refractivity contribution in [3.63, 3.8) is 0 Å². The van der Waals surface area contributed by atoms with Crippen LogP contribution in [0.5, 0.6) is 11.5 Å². The molecule has 0 heterocycles. The molecule has 0 saturated heterocycles. The Morgan fingerprint density at radius 2 is 1.53 bits per heavy atom. The number of carbonyl (C=O) groups is 2. The fourth-order valence-corrected chi connectivity index (χ4v) is 2.72. The summed E-state index contributed by atoms with van der Waals surface area (Å²) in [6, 6.07) is 19.7. The summed E-state index contributed by atoms with van der Waals surface area (Å²) in [6.07, 6.45) is 0. The Kier molecular flexibility index (Phi) is 6.83. The molecule has 0 radical (unpaired) electrons. The number of nitrogens with one attached hydrogen (secondary N) is 1. The van der Waals surface area contributed by atoms with Crippen LogP contribution in [0.4, 0.5) is 4.79 Å². The van der Waals surface area contributed by atoms with Crippen LogP contribution in [0.1, 0.15) is 5.56 Å². The Morgan fingerprint density at radius 1 is 0.900 bits per heavy atom. The molecule has 154 valence electrons. The number of fused-ring (bicyclic) bond motifs is 1. The molecule has 8 heteroatoms. The molecule has 3 rings (SSSR count). The first-order valence-corrected chi connectivity index (χ1v) is 9.13. The summed E-state index contributed by atoms with van der Waals surface area (Å²) in [6.45, 7) is 0.713. The van der Waals surface area contributed by atoms with Crippen LogP contribution in [0.15, 0.2) is 71.8 Å². The van der Waals surface area contributed by atoms with Gasteiger partial charge in [-0.3, -0.25) is 0 Å². The summed E-state index contributed by atoms with van der Waals surface area (Å²) in [4.78, 5) is 22.7. The molecule has 0 fully saturated rings. The normalized spacial score (nSPS) is 11.0. The van der Waals surface area contributed by atoms with E-state index in [1.54, 1.807) is 24.3 Å². The molecule has 3 N–H and O–H groups in total. The van der Waals surface area contributed by atoms with E-state index < -0.39 is 12.0 Å². The van der Waals surface area contributed by atoms with Gasteiger partial charge in [-0.1, -0.05) is 30.3 Å². The van der Waals surface area contributed by atoms with Gasteiger partial charge in [0.05, 0.1) is 7.11 Å². The van der Waals surface area contributed by atoms with Crippen LogP contribution in [0.25, 0.3) is 10.8 Å². The van der Waals surface area contributed by atoms with Gasteiger partial charge in [0.1, 0.15) is 24.7 Å². The molecule has 0 aromatic heterocycles. The molecule has 0 unspecified atom stereocenters. The van der Waals surface area contributed by atoms with E-state index in [1.165, 1.54) is 7.11 Å². The average Bonchev–Trinajstić information content (AvgIpc) is 2.77. The summed E-state index contributed by atoms with van der Waals surface area (Å²) in [5.41, 5.74) is 7.36. The van der Waals surface area contributed by atoms with Crippen LogP contribution >= 0.6 is 0 Å². The highest BCUT2D eigenvalue weighted by Crippen LogP contribution is 2.20. The van der Waals surface area contributed by atoms with Crippen molar-refractivity contribution >= 4 is 28.5 Å². The average molecular weight is 407 g/mol. The zero-order valence-electron chi connectivity index (χ0n) is 16.3. The highest BCUT2D eigenvalue weighted by molar-refractivity contribution is 6.43. The maximum absolute atomic E-state index is 11.8. The van der Waals surface area contributed by atoms with Crippen LogP contribution in [0.2, 0.25) is 0 Å². The van der Waals surface area contributed by atoms with Gasteiger partial charge in [0.25, 0.3) is 0 Å². The Bertz CT molecular complexity index is 1060. The van der Waals surface area contributed by atoms with Gasteiger partial charge in [0.15, 0.2) is 5.71 Å². The number of benzene rings is 3. The monoisotopic (exact) mass is 407 g/mol. The third kappa shape index (κ3) is 5.48. The maximum Gasteiger partial charge on any atom is 0.359 e. The number of methoxy groups -OCH3 is 1. The summed E-state index contributed by atoms with van der Waals surface area (Å²) >= 11 is 0. The van der Waals surface area contributed by atoms with Crippen molar-refractivity contribution in [2.45, 2.75) is 0 Å². The molecule has 3 aromatic rings. The van der Waals surface area contributed by atoms with E-state index in [1.807, 2.05) is 47.9 Å². The smallest absolute Gasteiger partial charge is 0.359 e. The van der Waals surface area contributed by atoms with E-state index >= 15 is 0 Å². The number of hydrazone groups is 1. The van der Waals surface area contributed by atoms with E-state index in [-0.39, 0.29) is 5.71 Å². The van der Waals surface area contributed by atoms with Crippen molar-refractivity contribution in [2.75, 3.05) is 20.3 Å². The Morgan fingerprint density at radius 3 is 2.20 bits per heavy atom. The van der Waals surface area contributed by atoms with Gasteiger partial charge in [-0.2, -0.15) is 5.10 Å². The third-order valence-electron chi connectivity index (χ3n) is 4.13. The molecule has 3 aromatic carbocycles. The van der Waals surface area contributed by atoms with Crippen molar-refractivity contribution in [3.05, 3.63) is 72.3 Å². The van der Waals surface area contributed by atoms with E-state index in [0.29, 0.717) is 24.5 Å². The van der Waals surface area contributed by atoms with Gasteiger partial charge in [-0.15, -0.1) is 0 Å². The maximum atomic E-state index is 11.8. The van der Waals surface area contributed by atoms with Gasteiger partial charge in [-0.05, 0) is 47.2 Å². The lowest BCUT2D eigenvalue weighted by Crippen LogP contribution is -2.28. The van der Waals surface area contributed by atoms with Gasteiger partial charge >= 0.3 is 12.0 Å². The predicted molar refractivity (Wildman–Crippen MR) is 113 cm³/mol. The van der Waals surface area contributed by atoms with Crippen molar-refractivity contribution in [3.8, 4) is 11.5 Å². The van der Waals surface area contributed by atoms with E-state index in [4.69, 9.17) is 15.2 Å². The number of esters is 1. The van der Waals surface area contributed by atoms with Gasteiger partial charge in [0.2, 0.25) is 0 Å². The van der Waals surface area contributed by atoms with Gasteiger partial charge in [-0.25, -0.2) is 15.0 Å². The quantitative estimate of drug-likeness (QED) is 0.258. The predicted octanol–water partition coefficient (Wildman–Crippen LogP) is 2.84. The molecule has 0 aliphatic rings. The molecule has 8 nitrogen and oxygen atoms in total. The third-order valence-corrected chi connectivity index (χ3v) is 4.13. The molecular formula is C22H21N3O5. The minimum atomic E-state index is -0.886. The van der Waals surface area contributed by atoms with Crippen LogP contribution in [0.3, 0.4) is 0 Å². The minimum absolute atomic E-state index is 0.0810. The van der Waals surface area contributed by atoms with Crippen molar-refractivity contribution in [1.82, 2.24) is 5.43 Å². The SMILES string of the molecule is COC(=O)/C(=N/NC(N)=O)c1ccc(OCCOc2ccc3ccccc3c2)cc1. The number of carbonyl (C=O) groups excluding carboxylic acids is 2. The van der Waals surface area contributed by atoms with E-state index in [2.05, 4.69) is 9.84 Å². The summed E-state index contributed by atoms with van der Waals surface area (Å²) in [5, 5.41) is 5.95. The second-order valence-electron chi connectivity index (χ2n) is 6.16. The number of rotatable bonds is 8. The molecule has 0 aliphatic carbocycles. The van der Waals surface area contributed by atoms with Crippen molar-refractivity contribution < 1.29 is 23.8 Å². The second kappa shape index (κ2) is 9.92. The number of ether oxygens (including phenoxy) is 3. The molecule has 0 atom stereocenters. The highest BCUT2D eigenvalue weighted by Gasteiger charge is 2.15. The lowest BCUT2D eigenvalue weighted by molar-refractivity contribution is -0.132. The summed E-state index contributed by atoms with van der Waals surface area (Å²) < 4.78 is 16.1. The fraction of sp³-hybridized carbons (Fsp3) is 0.136. The first-order valence-electron chi connectivity index (χ1n) is 9.13. The van der Waals surface area contributed by atoms with Gasteiger partial charge < -0.3 is 19.9 Å². The number of nitrogens with two attached hydrogens (primary N) is 1. The molecule has 0 aliphatic heterocycles. The van der Waals surface area contributed by atoms with Crippen molar-refractivity contribution in [2.24, 2.45) is 10.8 Å². The second-order valence-corrected chi connectivity index (χ2v) is 6.16. The number of primary amides is 1. The van der Waals surface area contributed by atoms with Crippen LogP contribution in [-0.4, -0.2) is 38.0 Å².